The SMILES string of the molecule is Cn1ncc(-c2nc(NC3CCC(CC(=O)CCCCCCCCC(=O)NCc4ccc(COc5cccc6c5CN(C5CCC(=O)NC5=O)C6=O)cc4)CC3)ncc2Cl)c1CC1CC1. The number of ketones is 1. The van der Waals surface area contributed by atoms with Gasteiger partial charge in [-0.05, 0) is 99.3 Å². The maximum absolute atomic E-state index is 13.1. The summed E-state index contributed by atoms with van der Waals surface area (Å²) in [5.41, 5.74) is 6.07. The van der Waals surface area contributed by atoms with Crippen LogP contribution in [0.2, 0.25) is 5.02 Å². The van der Waals surface area contributed by atoms with Crippen LogP contribution in [0.5, 0.6) is 5.75 Å². The van der Waals surface area contributed by atoms with E-state index in [2.05, 4.69) is 26.0 Å². The molecule has 2 saturated carbocycles. The summed E-state index contributed by atoms with van der Waals surface area (Å²) in [6, 6.07) is 12.8. The molecule has 0 bridgehead atoms. The van der Waals surface area contributed by atoms with Crippen molar-refractivity contribution in [3.05, 3.63) is 87.8 Å². The first kappa shape index (κ1) is 45.9. The largest absolute Gasteiger partial charge is 0.489 e. The zero-order chi connectivity index (χ0) is 45.3. The molecule has 15 heteroatoms. The third-order valence-corrected chi connectivity index (χ3v) is 13.8. The van der Waals surface area contributed by atoms with Crippen LogP contribution in [0.25, 0.3) is 11.3 Å². The van der Waals surface area contributed by atoms with E-state index in [1.54, 1.807) is 18.3 Å². The molecule has 14 nitrogen and oxygen atoms in total. The zero-order valence-corrected chi connectivity index (χ0v) is 38.2. The molecule has 4 aromatic rings. The van der Waals surface area contributed by atoms with Crippen molar-refractivity contribution in [2.45, 2.75) is 147 Å². The molecule has 2 aliphatic heterocycles. The van der Waals surface area contributed by atoms with Gasteiger partial charge in [-0.2, -0.15) is 5.10 Å². The van der Waals surface area contributed by atoms with Gasteiger partial charge >= 0.3 is 0 Å². The topological polar surface area (TPSA) is 178 Å². The standard InChI is InChI=1S/C50H61ClN8O6/c1-58-43(26-33-13-14-33)39(28-54-58)47-41(51)29-53-50(57-47)55-36-21-19-32(20-22-36)25-37(60)9-6-4-2-3-5-7-12-45(61)52-27-34-15-17-35(18-16-34)31-65-44-11-8-10-38-40(44)30-59(49(38)64)42-23-24-46(62)56-48(42)63/h8,10-11,15-18,28-29,32-33,36,42H,2-7,9,12-14,19-27,30-31H2,1H3,(H,52,61)(H,53,55,57)(H,56,62,63). The summed E-state index contributed by atoms with van der Waals surface area (Å²) < 4.78 is 8.07. The van der Waals surface area contributed by atoms with Crippen molar-refractivity contribution in [3.63, 3.8) is 0 Å². The number of carbonyl (C=O) groups is 5. The number of amides is 4. The van der Waals surface area contributed by atoms with Gasteiger partial charge in [0.1, 0.15) is 24.2 Å². The minimum Gasteiger partial charge on any atom is -0.489 e. The maximum atomic E-state index is 13.1. The number of rotatable bonds is 22. The lowest BCUT2D eigenvalue weighted by Gasteiger charge is -2.29. The first-order valence-electron chi connectivity index (χ1n) is 23.6. The number of unbranched alkanes of at least 4 members (excludes halogenated alkanes) is 5. The molecule has 2 aromatic carbocycles. The zero-order valence-electron chi connectivity index (χ0n) is 37.4. The molecule has 0 radical (unpaired) electrons. The summed E-state index contributed by atoms with van der Waals surface area (Å²) in [7, 11) is 1.98. The number of nitrogens with zero attached hydrogens (tertiary/aromatic N) is 5. The van der Waals surface area contributed by atoms with E-state index in [1.165, 1.54) is 23.4 Å². The monoisotopic (exact) mass is 904 g/mol. The summed E-state index contributed by atoms with van der Waals surface area (Å²) in [5, 5.41) is 13.9. The van der Waals surface area contributed by atoms with Gasteiger partial charge in [-0.25, -0.2) is 9.97 Å². The Morgan fingerprint density at radius 3 is 2.32 bits per heavy atom. The molecule has 4 amide bonds. The summed E-state index contributed by atoms with van der Waals surface area (Å²) in [5.74, 6) is 1.77. The molecule has 1 atom stereocenters. The summed E-state index contributed by atoms with van der Waals surface area (Å²) in [6.45, 7) is 0.996. The third-order valence-electron chi connectivity index (χ3n) is 13.5. The fourth-order valence-electron chi connectivity index (χ4n) is 9.45. The van der Waals surface area contributed by atoms with Gasteiger partial charge in [0.05, 0.1) is 29.7 Å². The third kappa shape index (κ3) is 12.2. The number of Topliss-reactive ketones (excluding diaryl/α,β-unsaturated/α-hetero) is 1. The van der Waals surface area contributed by atoms with Crippen molar-refractivity contribution in [3.8, 4) is 17.0 Å². The highest BCUT2D eigenvalue weighted by Gasteiger charge is 2.40. The van der Waals surface area contributed by atoms with Crippen LogP contribution in [0.3, 0.4) is 0 Å². The number of carbonyl (C=O) groups excluding carboxylic acids is 5. The molecule has 8 rings (SSSR count). The van der Waals surface area contributed by atoms with Gasteiger partial charge < -0.3 is 20.3 Å². The molecule has 3 N–H and O–H groups in total. The van der Waals surface area contributed by atoms with Gasteiger partial charge in [0.25, 0.3) is 5.91 Å². The highest BCUT2D eigenvalue weighted by atomic mass is 35.5. The lowest BCUT2D eigenvalue weighted by atomic mass is 9.82. The number of imide groups is 1. The highest BCUT2D eigenvalue weighted by Crippen LogP contribution is 2.38. The van der Waals surface area contributed by atoms with Crippen LogP contribution >= 0.6 is 11.6 Å². The average molecular weight is 906 g/mol. The Bertz CT molecular complexity index is 2360. The van der Waals surface area contributed by atoms with E-state index < -0.39 is 11.9 Å². The first-order chi connectivity index (χ1) is 31.6. The van der Waals surface area contributed by atoms with Crippen LogP contribution in [-0.2, 0) is 52.3 Å². The van der Waals surface area contributed by atoms with Gasteiger partial charge in [-0.3, -0.25) is 34.0 Å². The average Bonchev–Trinajstić information content (AvgIpc) is 3.97. The van der Waals surface area contributed by atoms with Crippen molar-refractivity contribution in [1.82, 2.24) is 35.3 Å². The second-order valence-electron chi connectivity index (χ2n) is 18.5. The van der Waals surface area contributed by atoms with Gasteiger partial charge in [0, 0.05) is 67.7 Å². The molecular weight excluding hydrogens is 844 g/mol. The summed E-state index contributed by atoms with van der Waals surface area (Å²) in [6.07, 6.45) is 19.3. The predicted molar refractivity (Wildman–Crippen MR) is 247 cm³/mol. The number of hydrogen-bond acceptors (Lipinski definition) is 10. The van der Waals surface area contributed by atoms with Crippen molar-refractivity contribution in [2.75, 3.05) is 5.32 Å². The first-order valence-corrected chi connectivity index (χ1v) is 24.0. The predicted octanol–water partition coefficient (Wildman–Crippen LogP) is 8.19. The Balaban J connectivity index is 0.649. The number of hydrogen-bond donors (Lipinski definition) is 3. The van der Waals surface area contributed by atoms with E-state index >= 15 is 0 Å². The molecule has 2 aromatic heterocycles. The van der Waals surface area contributed by atoms with E-state index in [0.717, 1.165) is 104 Å². The van der Waals surface area contributed by atoms with Gasteiger partial charge in [0.15, 0.2) is 0 Å². The second kappa shape index (κ2) is 21.6. The lowest BCUT2D eigenvalue weighted by Crippen LogP contribution is -2.52. The minimum absolute atomic E-state index is 0.0393. The van der Waals surface area contributed by atoms with Crippen LogP contribution in [-0.4, -0.2) is 66.1 Å². The van der Waals surface area contributed by atoms with E-state index in [9.17, 15) is 24.0 Å². The number of piperidine rings is 1. The fourth-order valence-corrected chi connectivity index (χ4v) is 9.64. The molecule has 344 valence electrons. The van der Waals surface area contributed by atoms with Crippen molar-refractivity contribution >= 4 is 47.0 Å². The second-order valence-corrected chi connectivity index (χ2v) is 18.9. The van der Waals surface area contributed by atoms with Crippen molar-refractivity contribution < 1.29 is 28.7 Å². The Kier molecular flexibility index (Phi) is 15.2. The van der Waals surface area contributed by atoms with Crippen LogP contribution in [0, 0.1) is 11.8 Å². The Morgan fingerprint density at radius 2 is 1.57 bits per heavy atom. The normalized spacial score (nSPS) is 19.5. The van der Waals surface area contributed by atoms with Crippen LogP contribution in [0.15, 0.2) is 54.9 Å². The van der Waals surface area contributed by atoms with Crippen LogP contribution in [0.4, 0.5) is 5.95 Å². The summed E-state index contributed by atoms with van der Waals surface area (Å²) >= 11 is 6.58. The fraction of sp³-hybridized carbons (Fsp3) is 0.520. The smallest absolute Gasteiger partial charge is 0.255 e. The minimum atomic E-state index is -0.677. The van der Waals surface area contributed by atoms with E-state index in [-0.39, 0.29) is 36.7 Å². The molecule has 4 aliphatic rings. The van der Waals surface area contributed by atoms with Gasteiger partial charge in [-0.15, -0.1) is 0 Å². The molecule has 0 spiro atoms. The van der Waals surface area contributed by atoms with Crippen molar-refractivity contribution in [1.29, 1.82) is 0 Å². The number of anilines is 1. The molecule has 1 saturated heterocycles. The van der Waals surface area contributed by atoms with Crippen LogP contribution in [0.1, 0.15) is 142 Å². The quantitative estimate of drug-likeness (QED) is 0.0515. The molecule has 1 unspecified atom stereocenters. The Morgan fingerprint density at radius 1 is 0.846 bits per heavy atom. The van der Waals surface area contributed by atoms with Crippen LogP contribution < -0.4 is 20.7 Å². The number of halogens is 1. The van der Waals surface area contributed by atoms with Gasteiger partial charge in [-0.1, -0.05) is 67.6 Å². The summed E-state index contributed by atoms with van der Waals surface area (Å²) in [4.78, 5) is 73.4. The lowest BCUT2D eigenvalue weighted by molar-refractivity contribution is -0.137. The maximum Gasteiger partial charge on any atom is 0.255 e. The Labute approximate surface area is 386 Å². The van der Waals surface area contributed by atoms with E-state index in [1.807, 2.05) is 48.3 Å². The number of aromatic nitrogens is 4. The van der Waals surface area contributed by atoms with Crippen molar-refractivity contribution in [2.24, 2.45) is 18.9 Å². The van der Waals surface area contributed by atoms with Gasteiger partial charge in [0.2, 0.25) is 23.7 Å². The number of aryl methyl sites for hydroxylation is 1. The van der Waals surface area contributed by atoms with E-state index in [0.29, 0.717) is 72.8 Å². The molecule has 4 heterocycles. The number of fused-ring (bicyclic) bond motifs is 1. The number of ether oxygens (including phenoxy) is 1. The molecule has 65 heavy (non-hydrogen) atoms. The number of benzene rings is 2. The highest BCUT2D eigenvalue weighted by molar-refractivity contribution is 6.33. The number of nitrogens with one attached hydrogen (secondary N) is 3. The molecule has 2 aliphatic carbocycles. The Hall–Kier alpha value is -5.63. The van der Waals surface area contributed by atoms with E-state index in [4.69, 9.17) is 21.3 Å². The molecule has 3 fully saturated rings. The molecular formula is C50H61ClN8O6.